The molecule has 2 bridgehead atoms. The van der Waals surface area contributed by atoms with E-state index in [9.17, 15) is 9.59 Å². The van der Waals surface area contributed by atoms with E-state index < -0.39 is 0 Å². The first-order chi connectivity index (χ1) is 8.76. The highest BCUT2D eigenvalue weighted by atomic mass is 16.6. The summed E-state index contributed by atoms with van der Waals surface area (Å²) >= 11 is 0. The van der Waals surface area contributed by atoms with E-state index in [4.69, 9.17) is 9.47 Å². The van der Waals surface area contributed by atoms with Crippen LogP contribution in [0, 0.1) is 17.3 Å². The van der Waals surface area contributed by atoms with Crippen LogP contribution in [0.15, 0.2) is 0 Å². The molecule has 2 fully saturated rings. The average Bonchev–Trinajstić information content (AvgIpc) is 2.57. The lowest BCUT2D eigenvalue weighted by Gasteiger charge is -2.28. The highest BCUT2D eigenvalue weighted by molar-refractivity contribution is 5.76. The lowest BCUT2D eigenvalue weighted by atomic mass is 9.85. The minimum absolute atomic E-state index is 0.0342. The van der Waals surface area contributed by atoms with Crippen LogP contribution in [0.4, 0.5) is 0 Å². The predicted octanol–water partition coefficient (Wildman–Crippen LogP) is 2.70. The Bertz CT molecular complexity index is 369. The van der Waals surface area contributed by atoms with E-state index in [-0.39, 0.29) is 41.4 Å². The van der Waals surface area contributed by atoms with Crippen LogP contribution in [0.3, 0.4) is 0 Å². The van der Waals surface area contributed by atoms with Gasteiger partial charge in [-0.05, 0) is 24.7 Å². The third-order valence-electron chi connectivity index (χ3n) is 3.92. The summed E-state index contributed by atoms with van der Waals surface area (Å²) < 4.78 is 10.8. The van der Waals surface area contributed by atoms with Crippen molar-refractivity contribution in [3.63, 3.8) is 0 Å². The van der Waals surface area contributed by atoms with Crippen LogP contribution < -0.4 is 0 Å². The molecule has 0 aromatic rings. The van der Waals surface area contributed by atoms with Gasteiger partial charge in [0.05, 0.1) is 11.8 Å². The maximum atomic E-state index is 12.1. The predicted molar refractivity (Wildman–Crippen MR) is 70.3 cm³/mol. The Morgan fingerprint density at radius 1 is 1.42 bits per heavy atom. The smallest absolute Gasteiger partial charge is 0.309 e. The van der Waals surface area contributed by atoms with E-state index in [1.54, 1.807) is 0 Å². The van der Waals surface area contributed by atoms with Crippen molar-refractivity contribution in [1.82, 2.24) is 0 Å². The van der Waals surface area contributed by atoms with Crippen LogP contribution >= 0.6 is 0 Å². The fourth-order valence-electron chi connectivity index (χ4n) is 3.09. The van der Waals surface area contributed by atoms with Gasteiger partial charge in [-0.1, -0.05) is 27.7 Å². The van der Waals surface area contributed by atoms with Crippen LogP contribution in [0.25, 0.3) is 0 Å². The van der Waals surface area contributed by atoms with Crippen LogP contribution in [0.1, 0.15) is 53.4 Å². The first-order valence-electron chi connectivity index (χ1n) is 7.17. The normalized spacial score (nSPS) is 31.8. The minimum atomic E-state index is -0.238. The van der Waals surface area contributed by atoms with Gasteiger partial charge >= 0.3 is 11.9 Å². The molecular weight excluding hydrogens is 244 g/mol. The Kier molecular flexibility index (Phi) is 3.88. The maximum Gasteiger partial charge on any atom is 0.309 e. The Morgan fingerprint density at radius 3 is 2.74 bits per heavy atom. The molecule has 2 aliphatic rings. The number of hydrogen-bond donors (Lipinski definition) is 0. The molecule has 4 unspecified atom stereocenters. The van der Waals surface area contributed by atoms with Crippen molar-refractivity contribution in [2.75, 3.05) is 0 Å². The summed E-state index contributed by atoms with van der Waals surface area (Å²) in [4.78, 5) is 23.5. The molecule has 0 spiro atoms. The molecule has 0 amide bonds. The lowest BCUT2D eigenvalue weighted by Crippen LogP contribution is -2.35. The summed E-state index contributed by atoms with van der Waals surface area (Å²) in [5, 5.41) is 0. The maximum absolute atomic E-state index is 12.1. The molecule has 1 aliphatic carbocycles. The number of fused-ring (bicyclic) bond motifs is 2. The van der Waals surface area contributed by atoms with Crippen molar-refractivity contribution in [3.8, 4) is 0 Å². The second-order valence-electron chi connectivity index (χ2n) is 7.13. The van der Waals surface area contributed by atoms with Crippen LogP contribution in [-0.2, 0) is 19.1 Å². The number of ether oxygens (including phenoxy) is 2. The Balaban J connectivity index is 1.87. The molecule has 1 saturated carbocycles. The van der Waals surface area contributed by atoms with Gasteiger partial charge in [0.1, 0.15) is 12.2 Å². The van der Waals surface area contributed by atoms with Crippen molar-refractivity contribution < 1.29 is 19.1 Å². The summed E-state index contributed by atoms with van der Waals surface area (Å²) in [5.41, 5.74) is 0.107. The number of carbonyl (C=O) groups is 2. The van der Waals surface area contributed by atoms with E-state index in [1.165, 1.54) is 0 Å². The molecule has 4 atom stereocenters. The molecule has 0 N–H and O–H groups in total. The molecule has 1 saturated heterocycles. The molecule has 2 rings (SSSR count). The summed E-state index contributed by atoms with van der Waals surface area (Å²) in [5.74, 6) is -0.366. The topological polar surface area (TPSA) is 52.6 Å². The van der Waals surface area contributed by atoms with Gasteiger partial charge in [-0.15, -0.1) is 0 Å². The van der Waals surface area contributed by atoms with E-state index in [2.05, 4.69) is 20.8 Å². The molecular formula is C15H24O4. The third kappa shape index (κ3) is 3.48. The average molecular weight is 268 g/mol. The summed E-state index contributed by atoms with van der Waals surface area (Å²) in [6.07, 6.45) is 2.58. The molecule has 4 heteroatoms. The first kappa shape index (κ1) is 14.4. The minimum Gasteiger partial charge on any atom is -0.458 e. The van der Waals surface area contributed by atoms with E-state index in [1.807, 2.05) is 6.92 Å². The molecule has 1 heterocycles. The summed E-state index contributed by atoms with van der Waals surface area (Å²) in [7, 11) is 0. The van der Waals surface area contributed by atoms with Crippen LogP contribution in [-0.4, -0.2) is 24.1 Å². The molecule has 1 aliphatic heterocycles. The highest BCUT2D eigenvalue weighted by Gasteiger charge is 2.45. The van der Waals surface area contributed by atoms with Gasteiger partial charge in [-0.25, -0.2) is 0 Å². The zero-order valence-corrected chi connectivity index (χ0v) is 12.3. The van der Waals surface area contributed by atoms with Gasteiger partial charge in [0.15, 0.2) is 0 Å². The lowest BCUT2D eigenvalue weighted by molar-refractivity contribution is -0.165. The van der Waals surface area contributed by atoms with Crippen molar-refractivity contribution in [2.24, 2.45) is 17.3 Å². The fourth-order valence-corrected chi connectivity index (χ4v) is 3.09. The molecule has 108 valence electrons. The number of hydrogen-bond acceptors (Lipinski definition) is 4. The standard InChI is InChI=1S/C15H24O4/c1-9(8-15(2,3)4)13(16)18-11-6-5-10-7-12(11)19-14(10)17/h9-12H,5-8H2,1-4H3. The van der Waals surface area contributed by atoms with Crippen molar-refractivity contribution >= 4 is 11.9 Å². The Hall–Kier alpha value is -1.06. The van der Waals surface area contributed by atoms with Crippen molar-refractivity contribution in [1.29, 1.82) is 0 Å². The first-order valence-corrected chi connectivity index (χ1v) is 7.17. The molecule has 0 aromatic heterocycles. The second-order valence-corrected chi connectivity index (χ2v) is 7.13. The molecule has 4 nitrogen and oxygen atoms in total. The molecule has 0 radical (unpaired) electrons. The van der Waals surface area contributed by atoms with E-state index >= 15 is 0 Å². The zero-order valence-electron chi connectivity index (χ0n) is 12.3. The fraction of sp³-hybridized carbons (Fsp3) is 0.867. The summed E-state index contributed by atoms with van der Waals surface area (Å²) in [6, 6.07) is 0. The largest absolute Gasteiger partial charge is 0.458 e. The molecule has 19 heavy (non-hydrogen) atoms. The van der Waals surface area contributed by atoms with Gasteiger partial charge in [0.2, 0.25) is 0 Å². The zero-order chi connectivity index (χ0) is 14.2. The monoisotopic (exact) mass is 268 g/mol. The highest BCUT2D eigenvalue weighted by Crippen LogP contribution is 2.36. The van der Waals surface area contributed by atoms with Gasteiger partial charge < -0.3 is 9.47 Å². The van der Waals surface area contributed by atoms with Crippen molar-refractivity contribution in [2.45, 2.75) is 65.6 Å². The quantitative estimate of drug-likeness (QED) is 0.738. The van der Waals surface area contributed by atoms with Crippen LogP contribution in [0.2, 0.25) is 0 Å². The van der Waals surface area contributed by atoms with E-state index in [0.717, 1.165) is 19.3 Å². The second kappa shape index (κ2) is 5.14. The van der Waals surface area contributed by atoms with Gasteiger partial charge in [0, 0.05) is 6.42 Å². The number of rotatable bonds is 3. The van der Waals surface area contributed by atoms with E-state index in [0.29, 0.717) is 6.42 Å². The van der Waals surface area contributed by atoms with Gasteiger partial charge in [-0.3, -0.25) is 9.59 Å². The molecule has 0 aromatic carbocycles. The summed E-state index contributed by atoms with van der Waals surface area (Å²) in [6.45, 7) is 8.24. The van der Waals surface area contributed by atoms with Crippen LogP contribution in [0.5, 0.6) is 0 Å². The van der Waals surface area contributed by atoms with Gasteiger partial charge in [-0.2, -0.15) is 0 Å². The third-order valence-corrected chi connectivity index (χ3v) is 3.92. The SMILES string of the molecule is CC(CC(C)(C)C)C(=O)OC1CCC2CC1OC2=O. The Morgan fingerprint density at radius 2 is 2.11 bits per heavy atom. The number of esters is 2. The number of carbonyl (C=O) groups excluding carboxylic acids is 2. The Labute approximate surface area is 114 Å². The van der Waals surface area contributed by atoms with Crippen molar-refractivity contribution in [3.05, 3.63) is 0 Å². The van der Waals surface area contributed by atoms with Gasteiger partial charge in [0.25, 0.3) is 0 Å².